The summed E-state index contributed by atoms with van der Waals surface area (Å²) in [6.45, 7) is 0.775. The molecule has 0 aliphatic carbocycles. The van der Waals surface area contributed by atoms with E-state index in [0.29, 0.717) is 17.2 Å². The molecule has 0 aliphatic rings. The third-order valence-corrected chi connectivity index (χ3v) is 2.10. The summed E-state index contributed by atoms with van der Waals surface area (Å²) in [5, 5.41) is 1.83. The van der Waals surface area contributed by atoms with Crippen LogP contribution < -0.4 is 19.5 Å². The van der Waals surface area contributed by atoms with Gasteiger partial charge >= 0.3 is 0 Å². The Labute approximate surface area is 90.1 Å². The first kappa shape index (κ1) is 11.7. The lowest BCUT2D eigenvalue weighted by Crippen LogP contribution is -2.74. The third-order valence-electron chi connectivity index (χ3n) is 2.10. The van der Waals surface area contributed by atoms with Crippen LogP contribution in [0.15, 0.2) is 12.1 Å². The lowest BCUT2D eigenvalue weighted by atomic mass is 10.2. The molecule has 0 aromatic heterocycles. The smallest absolute Gasteiger partial charge is 0.203 e. The van der Waals surface area contributed by atoms with Gasteiger partial charge in [-0.3, -0.25) is 0 Å². The minimum absolute atomic E-state index is 0.618. The minimum Gasteiger partial charge on any atom is -0.493 e. The average Bonchev–Trinajstić information content (AvgIpc) is 2.28. The number of rotatable bonds is 5. The summed E-state index contributed by atoms with van der Waals surface area (Å²) in [6, 6.07) is 3.84. The molecule has 0 heterocycles. The van der Waals surface area contributed by atoms with Crippen LogP contribution in [0.1, 0.15) is 5.56 Å². The van der Waals surface area contributed by atoms with Crippen molar-refractivity contribution in [3.63, 3.8) is 0 Å². The zero-order valence-electron chi connectivity index (χ0n) is 9.37. The fourth-order valence-electron chi connectivity index (χ4n) is 1.42. The van der Waals surface area contributed by atoms with E-state index in [1.165, 1.54) is 0 Å². The van der Waals surface area contributed by atoms with Gasteiger partial charge in [0.2, 0.25) is 5.75 Å². The van der Waals surface area contributed by atoms with Gasteiger partial charge in [-0.15, -0.1) is 0 Å². The van der Waals surface area contributed by atoms with E-state index in [1.54, 1.807) is 21.3 Å². The molecule has 0 aliphatic heterocycles. The molecule has 1 aromatic rings. The largest absolute Gasteiger partial charge is 0.493 e. The quantitative estimate of drug-likeness (QED) is 0.724. The van der Waals surface area contributed by atoms with E-state index in [4.69, 9.17) is 14.2 Å². The molecule has 1 aromatic carbocycles. The number of hydrogen-bond donors (Lipinski definition) is 1. The van der Waals surface area contributed by atoms with Gasteiger partial charge in [-0.25, -0.2) is 0 Å². The van der Waals surface area contributed by atoms with Crippen molar-refractivity contribution in [2.24, 2.45) is 0 Å². The Bertz CT molecular complexity index is 301. The molecule has 0 spiro atoms. The van der Waals surface area contributed by atoms with Crippen LogP contribution in [0.2, 0.25) is 0 Å². The maximum atomic E-state index is 5.23. The van der Waals surface area contributed by atoms with E-state index in [-0.39, 0.29) is 0 Å². The Morgan fingerprint density at radius 3 is 1.93 bits per heavy atom. The van der Waals surface area contributed by atoms with Crippen molar-refractivity contribution < 1.29 is 19.5 Å². The summed E-state index contributed by atoms with van der Waals surface area (Å²) < 4.78 is 15.7. The maximum Gasteiger partial charge on any atom is 0.203 e. The van der Waals surface area contributed by atoms with Gasteiger partial charge in [0, 0.05) is 5.56 Å². The van der Waals surface area contributed by atoms with E-state index in [1.807, 2.05) is 17.4 Å². The molecule has 0 bridgehead atoms. The molecular weight excluding hydrogens is 194 g/mol. The molecular formula is C11H17NO3. The summed E-state index contributed by atoms with van der Waals surface area (Å²) in [6.07, 6.45) is 0. The fourth-order valence-corrected chi connectivity index (χ4v) is 1.42. The Kier molecular flexibility index (Phi) is 4.24. The zero-order valence-corrected chi connectivity index (χ0v) is 9.37. The molecule has 0 radical (unpaired) electrons. The SMILES string of the molecule is [CH2-][NH2+]Cc1cc(OC)c(OC)c(OC)c1. The lowest BCUT2D eigenvalue weighted by Gasteiger charge is -2.13. The predicted molar refractivity (Wildman–Crippen MR) is 57.1 cm³/mol. The molecule has 0 saturated heterocycles. The number of quaternary nitrogens is 1. The Morgan fingerprint density at radius 1 is 1.07 bits per heavy atom. The van der Waals surface area contributed by atoms with Gasteiger partial charge in [0.05, 0.1) is 27.9 Å². The Hall–Kier alpha value is -1.42. The van der Waals surface area contributed by atoms with Crippen LogP contribution in [0.5, 0.6) is 17.2 Å². The second-order valence-corrected chi connectivity index (χ2v) is 3.03. The summed E-state index contributed by atoms with van der Waals surface area (Å²) >= 11 is 0. The highest BCUT2D eigenvalue weighted by Gasteiger charge is 2.12. The van der Waals surface area contributed by atoms with Crippen LogP contribution in [0, 0.1) is 7.05 Å². The second kappa shape index (κ2) is 5.46. The number of methoxy groups -OCH3 is 3. The average molecular weight is 211 g/mol. The van der Waals surface area contributed by atoms with Gasteiger partial charge in [-0.05, 0) is 12.1 Å². The van der Waals surface area contributed by atoms with Gasteiger partial charge in [0.1, 0.15) is 0 Å². The van der Waals surface area contributed by atoms with Crippen molar-refractivity contribution in [2.45, 2.75) is 6.54 Å². The predicted octanol–water partition coefficient (Wildman–Crippen LogP) is 0.567. The van der Waals surface area contributed by atoms with Crippen LogP contribution in [0.3, 0.4) is 0 Å². The van der Waals surface area contributed by atoms with E-state index >= 15 is 0 Å². The second-order valence-electron chi connectivity index (χ2n) is 3.03. The Balaban J connectivity index is 3.16. The molecule has 0 atom stereocenters. The fraction of sp³-hybridized carbons (Fsp3) is 0.364. The molecule has 0 unspecified atom stereocenters. The zero-order chi connectivity index (χ0) is 11.3. The van der Waals surface area contributed by atoms with Crippen molar-refractivity contribution in [3.8, 4) is 17.2 Å². The van der Waals surface area contributed by atoms with Crippen molar-refractivity contribution in [3.05, 3.63) is 24.7 Å². The first-order valence-corrected chi connectivity index (χ1v) is 4.66. The molecule has 84 valence electrons. The minimum atomic E-state index is 0.618. The number of ether oxygens (including phenoxy) is 3. The number of nitrogens with two attached hydrogens (primary N) is 1. The van der Waals surface area contributed by atoms with Crippen LogP contribution in [-0.4, -0.2) is 21.3 Å². The van der Waals surface area contributed by atoms with Gasteiger partial charge in [-0.2, -0.15) is 7.05 Å². The molecule has 4 nitrogen and oxygen atoms in total. The van der Waals surface area contributed by atoms with E-state index < -0.39 is 0 Å². The molecule has 15 heavy (non-hydrogen) atoms. The van der Waals surface area contributed by atoms with E-state index in [9.17, 15) is 0 Å². The third kappa shape index (κ3) is 2.53. The topological polar surface area (TPSA) is 44.3 Å². The van der Waals surface area contributed by atoms with Crippen molar-refractivity contribution in [1.82, 2.24) is 0 Å². The van der Waals surface area contributed by atoms with E-state index in [2.05, 4.69) is 7.05 Å². The summed E-state index contributed by atoms with van der Waals surface area (Å²) in [4.78, 5) is 0. The molecule has 1 rings (SSSR count). The van der Waals surface area contributed by atoms with Crippen LogP contribution in [0.25, 0.3) is 0 Å². The van der Waals surface area contributed by atoms with E-state index in [0.717, 1.165) is 12.1 Å². The maximum absolute atomic E-state index is 5.23. The number of benzene rings is 1. The van der Waals surface area contributed by atoms with Gasteiger partial charge in [0.15, 0.2) is 11.5 Å². The molecule has 4 heteroatoms. The van der Waals surface area contributed by atoms with Crippen LogP contribution in [0.4, 0.5) is 0 Å². The Morgan fingerprint density at radius 2 is 1.60 bits per heavy atom. The molecule has 2 N–H and O–H groups in total. The first-order valence-electron chi connectivity index (χ1n) is 4.66. The molecule has 0 amide bonds. The first-order chi connectivity index (χ1) is 7.26. The van der Waals surface area contributed by atoms with Crippen molar-refractivity contribution >= 4 is 0 Å². The standard InChI is InChI=1S/C11H17NO3/c1-12-7-8-5-9(13-2)11(15-4)10(6-8)14-3/h5-6H,1,7,12H2,2-4H3. The highest BCUT2D eigenvalue weighted by molar-refractivity contribution is 5.53. The number of hydrogen-bond acceptors (Lipinski definition) is 3. The monoisotopic (exact) mass is 211 g/mol. The molecule has 0 fully saturated rings. The highest BCUT2D eigenvalue weighted by Crippen LogP contribution is 2.37. The van der Waals surface area contributed by atoms with Crippen LogP contribution in [-0.2, 0) is 6.54 Å². The van der Waals surface area contributed by atoms with Crippen molar-refractivity contribution in [1.29, 1.82) is 0 Å². The van der Waals surface area contributed by atoms with Crippen molar-refractivity contribution in [2.75, 3.05) is 21.3 Å². The van der Waals surface area contributed by atoms with Gasteiger partial charge in [0.25, 0.3) is 0 Å². The van der Waals surface area contributed by atoms with Crippen LogP contribution >= 0.6 is 0 Å². The highest BCUT2D eigenvalue weighted by atomic mass is 16.5. The normalized spacial score (nSPS) is 9.87. The van der Waals surface area contributed by atoms with Gasteiger partial charge < -0.3 is 19.5 Å². The summed E-state index contributed by atoms with van der Waals surface area (Å²) in [7, 11) is 8.50. The lowest BCUT2D eigenvalue weighted by molar-refractivity contribution is -0.612. The summed E-state index contributed by atoms with van der Waals surface area (Å²) in [5.41, 5.74) is 1.08. The summed E-state index contributed by atoms with van der Waals surface area (Å²) in [5.74, 6) is 1.97. The van der Waals surface area contributed by atoms with Gasteiger partial charge in [-0.1, -0.05) is 0 Å². The molecule has 0 saturated carbocycles.